The van der Waals surface area contributed by atoms with Crippen molar-refractivity contribution < 1.29 is 0 Å². The minimum atomic E-state index is 0.467. The van der Waals surface area contributed by atoms with Gasteiger partial charge in [0.05, 0.1) is 0 Å². The summed E-state index contributed by atoms with van der Waals surface area (Å²) in [6, 6.07) is 0. The third-order valence-corrected chi connectivity index (χ3v) is 9.35. The molecule has 0 amide bonds. The van der Waals surface area contributed by atoms with Crippen molar-refractivity contribution in [2.45, 2.75) is 128 Å². The van der Waals surface area contributed by atoms with E-state index >= 15 is 0 Å². The maximum absolute atomic E-state index is 2.67. The highest BCUT2D eigenvalue weighted by Crippen LogP contribution is 2.52. The van der Waals surface area contributed by atoms with Crippen LogP contribution in [-0.4, -0.2) is 0 Å². The van der Waals surface area contributed by atoms with Gasteiger partial charge in [-0.1, -0.05) is 115 Å². The normalized spacial score (nSPS) is 22.2. The van der Waals surface area contributed by atoms with Gasteiger partial charge >= 0.3 is 0 Å². The van der Waals surface area contributed by atoms with Gasteiger partial charge in [0.1, 0.15) is 0 Å². The van der Waals surface area contributed by atoms with Gasteiger partial charge < -0.3 is 0 Å². The first-order valence-electron chi connectivity index (χ1n) is 13.0. The van der Waals surface area contributed by atoms with Crippen LogP contribution in [0.3, 0.4) is 0 Å². The second-order valence-corrected chi connectivity index (χ2v) is 11.1. The molecule has 0 aliphatic rings. The molecular formula is C28H58. The molecule has 8 unspecified atom stereocenters. The third kappa shape index (κ3) is 7.05. The van der Waals surface area contributed by atoms with E-state index in [0.717, 1.165) is 47.3 Å². The summed E-state index contributed by atoms with van der Waals surface area (Å²) in [5.74, 6) is 6.53. The molecule has 0 N–H and O–H groups in total. The molecule has 28 heavy (non-hydrogen) atoms. The quantitative estimate of drug-likeness (QED) is 0.259. The molecule has 0 fully saturated rings. The summed E-state index contributed by atoms with van der Waals surface area (Å²) in [6.07, 6.45) is 9.48. The topological polar surface area (TPSA) is 0 Å². The molecule has 0 nitrogen and oxygen atoms in total. The van der Waals surface area contributed by atoms with E-state index in [-0.39, 0.29) is 0 Å². The fourth-order valence-corrected chi connectivity index (χ4v) is 6.47. The van der Waals surface area contributed by atoms with Crippen molar-refractivity contribution in [3.05, 3.63) is 0 Å². The Morgan fingerprint density at radius 3 is 1.64 bits per heavy atom. The number of hydrogen-bond donors (Lipinski definition) is 0. The first-order valence-corrected chi connectivity index (χ1v) is 13.0. The predicted molar refractivity (Wildman–Crippen MR) is 131 cm³/mol. The largest absolute Gasteiger partial charge is 0.0654 e. The van der Waals surface area contributed by atoms with Gasteiger partial charge in [0, 0.05) is 0 Å². The standard InChI is InChI=1S/C28H58/c1-13-17-19-28(12,27(18-14-2)20(5)6)25(11)26(16-4)24(10)23(9)22(8)21(7)15-3/h20-27H,13-19H2,1-12H3. The zero-order valence-corrected chi connectivity index (χ0v) is 22.1. The highest BCUT2D eigenvalue weighted by atomic mass is 14.5. The third-order valence-electron chi connectivity index (χ3n) is 9.35. The van der Waals surface area contributed by atoms with Crippen molar-refractivity contribution in [3.8, 4) is 0 Å². The van der Waals surface area contributed by atoms with Crippen molar-refractivity contribution in [1.29, 1.82) is 0 Å². The molecule has 8 atom stereocenters. The van der Waals surface area contributed by atoms with E-state index in [0.29, 0.717) is 5.41 Å². The summed E-state index contributed by atoms with van der Waals surface area (Å²) in [5.41, 5.74) is 0.467. The highest BCUT2D eigenvalue weighted by molar-refractivity contribution is 4.93. The molecule has 0 bridgehead atoms. The molecule has 0 aromatic rings. The average molecular weight is 395 g/mol. The van der Waals surface area contributed by atoms with Crippen LogP contribution in [0.2, 0.25) is 0 Å². The van der Waals surface area contributed by atoms with Crippen LogP contribution in [0.15, 0.2) is 0 Å². The molecule has 0 radical (unpaired) electrons. The summed E-state index contributed by atoms with van der Waals surface area (Å²) in [4.78, 5) is 0. The van der Waals surface area contributed by atoms with Crippen LogP contribution in [0, 0.1) is 52.8 Å². The van der Waals surface area contributed by atoms with Gasteiger partial charge in [-0.25, -0.2) is 0 Å². The number of hydrogen-bond acceptors (Lipinski definition) is 0. The first-order chi connectivity index (χ1) is 13.0. The SMILES string of the molecule is CCCCC(C)(C(C)C(CC)C(C)C(C)C(C)C(C)CC)C(CCC)C(C)C. The highest BCUT2D eigenvalue weighted by Gasteiger charge is 2.44. The molecule has 0 aliphatic heterocycles. The van der Waals surface area contributed by atoms with E-state index in [4.69, 9.17) is 0 Å². The molecule has 0 rings (SSSR count). The fraction of sp³-hybridized carbons (Fsp3) is 1.00. The smallest absolute Gasteiger partial charge is 0.0267 e. The van der Waals surface area contributed by atoms with Crippen LogP contribution >= 0.6 is 0 Å². The van der Waals surface area contributed by atoms with Gasteiger partial charge in [-0.2, -0.15) is 0 Å². The Morgan fingerprint density at radius 2 is 1.25 bits per heavy atom. The van der Waals surface area contributed by atoms with E-state index in [1.807, 2.05) is 0 Å². The molecule has 0 heterocycles. The van der Waals surface area contributed by atoms with Gasteiger partial charge in [-0.05, 0) is 65.6 Å². The monoisotopic (exact) mass is 394 g/mol. The van der Waals surface area contributed by atoms with Gasteiger partial charge in [-0.15, -0.1) is 0 Å². The second-order valence-electron chi connectivity index (χ2n) is 11.1. The number of rotatable bonds is 15. The van der Waals surface area contributed by atoms with Crippen molar-refractivity contribution in [1.82, 2.24) is 0 Å². The Morgan fingerprint density at radius 1 is 0.679 bits per heavy atom. The maximum atomic E-state index is 2.67. The fourth-order valence-electron chi connectivity index (χ4n) is 6.47. The summed E-state index contributed by atoms with van der Waals surface area (Å²) in [7, 11) is 0. The lowest BCUT2D eigenvalue weighted by Crippen LogP contribution is -2.43. The van der Waals surface area contributed by atoms with Gasteiger partial charge in [0.25, 0.3) is 0 Å². The van der Waals surface area contributed by atoms with E-state index < -0.39 is 0 Å². The maximum Gasteiger partial charge on any atom is -0.0267 e. The summed E-state index contributed by atoms with van der Waals surface area (Å²) in [6.45, 7) is 29.9. The summed E-state index contributed by atoms with van der Waals surface area (Å²) < 4.78 is 0. The van der Waals surface area contributed by atoms with Crippen LogP contribution in [0.1, 0.15) is 128 Å². The Bertz CT molecular complexity index is 383. The van der Waals surface area contributed by atoms with E-state index in [1.54, 1.807) is 0 Å². The Balaban J connectivity index is 5.79. The second kappa shape index (κ2) is 13.3. The lowest BCUT2D eigenvalue weighted by molar-refractivity contribution is -0.0126. The van der Waals surface area contributed by atoms with Gasteiger partial charge in [0.2, 0.25) is 0 Å². The molecular weight excluding hydrogens is 336 g/mol. The lowest BCUT2D eigenvalue weighted by atomic mass is 9.55. The zero-order chi connectivity index (χ0) is 22.1. The van der Waals surface area contributed by atoms with Crippen molar-refractivity contribution in [3.63, 3.8) is 0 Å². The Hall–Kier alpha value is 0. The van der Waals surface area contributed by atoms with Crippen molar-refractivity contribution in [2.24, 2.45) is 52.8 Å². The van der Waals surface area contributed by atoms with Crippen LogP contribution in [0.25, 0.3) is 0 Å². The molecule has 170 valence electrons. The van der Waals surface area contributed by atoms with Crippen LogP contribution in [0.5, 0.6) is 0 Å². The summed E-state index contributed by atoms with van der Waals surface area (Å²) in [5, 5.41) is 0. The average Bonchev–Trinajstić information content (AvgIpc) is 2.68. The Kier molecular flexibility index (Phi) is 13.3. The van der Waals surface area contributed by atoms with E-state index in [2.05, 4.69) is 83.1 Å². The molecule has 0 aromatic heterocycles. The minimum Gasteiger partial charge on any atom is -0.0654 e. The molecule has 0 aliphatic carbocycles. The van der Waals surface area contributed by atoms with Gasteiger partial charge in [0.15, 0.2) is 0 Å². The van der Waals surface area contributed by atoms with Crippen molar-refractivity contribution >= 4 is 0 Å². The van der Waals surface area contributed by atoms with E-state index in [1.165, 1.54) is 44.9 Å². The van der Waals surface area contributed by atoms with Crippen LogP contribution < -0.4 is 0 Å². The first kappa shape index (κ1) is 28.0. The van der Waals surface area contributed by atoms with Crippen LogP contribution in [0.4, 0.5) is 0 Å². The minimum absolute atomic E-state index is 0.467. The lowest BCUT2D eigenvalue weighted by Gasteiger charge is -2.50. The molecule has 0 saturated heterocycles. The van der Waals surface area contributed by atoms with Gasteiger partial charge in [-0.3, -0.25) is 0 Å². The zero-order valence-electron chi connectivity index (χ0n) is 22.1. The summed E-state index contributed by atoms with van der Waals surface area (Å²) >= 11 is 0. The molecule has 0 spiro atoms. The Labute approximate surface area is 181 Å². The molecule has 0 heteroatoms. The van der Waals surface area contributed by atoms with Crippen LogP contribution in [-0.2, 0) is 0 Å². The van der Waals surface area contributed by atoms with Crippen molar-refractivity contribution in [2.75, 3.05) is 0 Å². The predicted octanol–water partition coefficient (Wildman–Crippen LogP) is 9.87. The number of unbranched alkanes of at least 4 members (excludes halogenated alkanes) is 1. The van der Waals surface area contributed by atoms with E-state index in [9.17, 15) is 0 Å². The molecule has 0 saturated carbocycles. The molecule has 0 aromatic carbocycles.